The zero-order valence-corrected chi connectivity index (χ0v) is 18.0. The number of hydrazone groups is 1. The maximum atomic E-state index is 13.2. The van der Waals surface area contributed by atoms with Crippen LogP contribution in [0, 0.1) is 0 Å². The van der Waals surface area contributed by atoms with E-state index in [1.54, 1.807) is 66.7 Å². The van der Waals surface area contributed by atoms with Crippen molar-refractivity contribution in [3.05, 3.63) is 89.0 Å². The van der Waals surface area contributed by atoms with Crippen molar-refractivity contribution in [3.63, 3.8) is 0 Å². The first-order valence-corrected chi connectivity index (χ1v) is 9.78. The molecule has 0 saturated carbocycles. The monoisotopic (exact) mass is 446 g/mol. The highest BCUT2D eigenvalue weighted by atomic mass is 16.5. The summed E-state index contributed by atoms with van der Waals surface area (Å²) in [7, 11) is 2.76. The summed E-state index contributed by atoms with van der Waals surface area (Å²) in [6.45, 7) is 0. The minimum atomic E-state index is -0.713. The van der Waals surface area contributed by atoms with Gasteiger partial charge in [0.15, 0.2) is 5.78 Å². The highest BCUT2D eigenvalue weighted by molar-refractivity contribution is 6.17. The molecule has 3 aromatic rings. The van der Waals surface area contributed by atoms with E-state index in [0.29, 0.717) is 22.4 Å². The molecule has 0 heterocycles. The third kappa shape index (κ3) is 5.73. The van der Waals surface area contributed by atoms with Gasteiger partial charge in [-0.25, -0.2) is 10.2 Å². The molecule has 0 unspecified atom stereocenters. The summed E-state index contributed by atoms with van der Waals surface area (Å²) >= 11 is 0. The number of hydrogen-bond donors (Lipinski definition) is 3. The Bertz CT molecular complexity index is 1210. The molecule has 0 aromatic heterocycles. The molecule has 9 heteroatoms. The molecule has 168 valence electrons. The van der Waals surface area contributed by atoms with Crippen molar-refractivity contribution in [3.8, 4) is 5.75 Å². The Morgan fingerprint density at radius 1 is 0.939 bits per heavy atom. The first-order chi connectivity index (χ1) is 15.9. The van der Waals surface area contributed by atoms with E-state index in [1.807, 2.05) is 0 Å². The van der Waals surface area contributed by atoms with Gasteiger partial charge in [0.05, 0.1) is 31.8 Å². The predicted molar refractivity (Wildman–Crippen MR) is 125 cm³/mol. The lowest BCUT2D eigenvalue weighted by Gasteiger charge is -2.13. The number of ketones is 1. The van der Waals surface area contributed by atoms with Crippen molar-refractivity contribution in [2.45, 2.75) is 0 Å². The third-order valence-electron chi connectivity index (χ3n) is 4.64. The molecule has 3 rings (SSSR count). The Morgan fingerprint density at radius 2 is 1.67 bits per heavy atom. The first-order valence-electron chi connectivity index (χ1n) is 9.78. The van der Waals surface area contributed by atoms with Gasteiger partial charge in [0.2, 0.25) is 0 Å². The number of hydrogen-bond acceptors (Lipinski definition) is 7. The normalized spacial score (nSPS) is 10.5. The predicted octanol–water partition coefficient (Wildman–Crippen LogP) is 3.45. The zero-order chi connectivity index (χ0) is 23.8. The summed E-state index contributed by atoms with van der Waals surface area (Å²) in [4.78, 5) is 37.1. The van der Waals surface area contributed by atoms with Crippen molar-refractivity contribution in [1.82, 2.24) is 5.43 Å². The molecule has 0 spiro atoms. The molecule has 0 aliphatic carbocycles. The number of benzene rings is 3. The van der Waals surface area contributed by atoms with Crippen LogP contribution >= 0.6 is 0 Å². The van der Waals surface area contributed by atoms with Crippen molar-refractivity contribution in [2.75, 3.05) is 25.3 Å². The number of rotatable bonds is 7. The largest absolute Gasteiger partial charge is 0.497 e. The minimum absolute atomic E-state index is 0.217. The number of anilines is 2. The standard InChI is InChI=1S/C24H22N4O5/c1-32-18-11-9-16(10-12-18)23(30)27-21-19(7-4-8-20(21)25)22(29)17-6-3-5-15(13-17)14-26-28-24(31)33-2/h3-14H,25H2,1-2H3,(H,27,30)(H,28,31). The van der Waals surface area contributed by atoms with E-state index in [0.717, 1.165) is 0 Å². The van der Waals surface area contributed by atoms with Gasteiger partial charge in [-0.05, 0) is 48.0 Å². The van der Waals surface area contributed by atoms with Crippen LogP contribution in [-0.4, -0.2) is 38.2 Å². The SMILES string of the molecule is COC(=O)NN=Cc1cccc(C(=O)c2cccc(N)c2NC(=O)c2ccc(OC)cc2)c1. The van der Waals surface area contributed by atoms with Gasteiger partial charge in [0.25, 0.3) is 5.91 Å². The number of carbonyl (C=O) groups excluding carboxylic acids is 3. The van der Waals surface area contributed by atoms with Crippen LogP contribution in [0.15, 0.2) is 71.8 Å². The summed E-state index contributed by atoms with van der Waals surface area (Å²) in [5, 5.41) is 6.49. The molecule has 9 nitrogen and oxygen atoms in total. The van der Waals surface area contributed by atoms with Crippen molar-refractivity contribution < 1.29 is 23.9 Å². The number of ether oxygens (including phenoxy) is 2. The third-order valence-corrected chi connectivity index (χ3v) is 4.64. The second kappa shape index (κ2) is 10.6. The Morgan fingerprint density at radius 3 is 2.36 bits per heavy atom. The lowest BCUT2D eigenvalue weighted by atomic mass is 9.99. The molecule has 2 amide bonds. The minimum Gasteiger partial charge on any atom is -0.497 e. The molecular formula is C24H22N4O5. The number of para-hydroxylation sites is 1. The summed E-state index contributed by atoms with van der Waals surface area (Å²) in [6, 6.07) is 18.0. The Hall–Kier alpha value is -4.66. The second-order valence-corrected chi connectivity index (χ2v) is 6.77. The lowest BCUT2D eigenvalue weighted by Crippen LogP contribution is -2.17. The molecule has 3 aromatic carbocycles. The van der Waals surface area contributed by atoms with Crippen LogP contribution in [0.1, 0.15) is 31.8 Å². The average molecular weight is 446 g/mol. The van der Waals surface area contributed by atoms with Crippen LogP contribution in [-0.2, 0) is 4.74 Å². The van der Waals surface area contributed by atoms with Gasteiger partial charge in [0, 0.05) is 16.7 Å². The molecule has 4 N–H and O–H groups in total. The van der Waals surface area contributed by atoms with E-state index in [1.165, 1.54) is 20.4 Å². The number of carbonyl (C=O) groups is 3. The Kier molecular flexibility index (Phi) is 7.38. The molecule has 0 fully saturated rings. The van der Waals surface area contributed by atoms with Crippen LogP contribution in [0.4, 0.5) is 16.2 Å². The van der Waals surface area contributed by atoms with Gasteiger partial charge in [-0.3, -0.25) is 9.59 Å². The Balaban J connectivity index is 1.86. The van der Waals surface area contributed by atoms with E-state index in [9.17, 15) is 14.4 Å². The quantitative estimate of drug-likeness (QED) is 0.220. The van der Waals surface area contributed by atoms with Crippen molar-refractivity contribution in [2.24, 2.45) is 5.10 Å². The summed E-state index contributed by atoms with van der Waals surface area (Å²) in [6.07, 6.45) is 0.662. The summed E-state index contributed by atoms with van der Waals surface area (Å²) in [5.74, 6) is -0.144. The van der Waals surface area contributed by atoms with Crippen molar-refractivity contribution in [1.29, 1.82) is 0 Å². The number of nitrogens with two attached hydrogens (primary N) is 1. The number of amides is 2. The summed E-state index contributed by atoms with van der Waals surface area (Å²) < 4.78 is 9.54. The van der Waals surface area contributed by atoms with E-state index in [-0.39, 0.29) is 22.7 Å². The number of nitrogen functional groups attached to an aromatic ring is 1. The molecular weight excluding hydrogens is 424 g/mol. The van der Waals surface area contributed by atoms with Gasteiger partial charge in [-0.1, -0.05) is 24.3 Å². The van der Waals surface area contributed by atoms with E-state index < -0.39 is 12.0 Å². The van der Waals surface area contributed by atoms with Gasteiger partial charge in [-0.15, -0.1) is 0 Å². The second-order valence-electron chi connectivity index (χ2n) is 6.77. The summed E-state index contributed by atoms with van der Waals surface area (Å²) in [5.41, 5.74) is 10.3. The zero-order valence-electron chi connectivity index (χ0n) is 18.0. The molecule has 33 heavy (non-hydrogen) atoms. The van der Waals surface area contributed by atoms with Gasteiger partial charge in [0.1, 0.15) is 5.75 Å². The van der Waals surface area contributed by atoms with Gasteiger partial charge >= 0.3 is 6.09 Å². The highest BCUT2D eigenvalue weighted by Crippen LogP contribution is 2.27. The number of nitrogens with zero attached hydrogens (tertiary/aromatic N) is 1. The van der Waals surface area contributed by atoms with E-state index in [2.05, 4.69) is 20.6 Å². The van der Waals surface area contributed by atoms with Crippen LogP contribution < -0.4 is 21.2 Å². The first kappa shape index (κ1) is 23.0. The van der Waals surface area contributed by atoms with Crippen LogP contribution in [0.2, 0.25) is 0 Å². The molecule has 0 bridgehead atoms. The fraction of sp³-hybridized carbons (Fsp3) is 0.0833. The van der Waals surface area contributed by atoms with Crippen LogP contribution in [0.25, 0.3) is 0 Å². The van der Waals surface area contributed by atoms with E-state index >= 15 is 0 Å². The molecule has 0 saturated heterocycles. The number of nitrogens with one attached hydrogen (secondary N) is 2. The van der Waals surface area contributed by atoms with E-state index in [4.69, 9.17) is 10.5 Å². The lowest BCUT2D eigenvalue weighted by molar-refractivity contribution is 0.102. The topological polar surface area (TPSA) is 132 Å². The van der Waals surface area contributed by atoms with Gasteiger partial charge < -0.3 is 20.5 Å². The highest BCUT2D eigenvalue weighted by Gasteiger charge is 2.18. The van der Waals surface area contributed by atoms with Crippen LogP contribution in [0.5, 0.6) is 5.75 Å². The smallest absolute Gasteiger partial charge is 0.427 e. The molecule has 0 radical (unpaired) electrons. The molecule has 0 atom stereocenters. The van der Waals surface area contributed by atoms with Crippen molar-refractivity contribution >= 4 is 35.4 Å². The average Bonchev–Trinajstić information content (AvgIpc) is 2.84. The van der Waals surface area contributed by atoms with Crippen LogP contribution in [0.3, 0.4) is 0 Å². The van der Waals surface area contributed by atoms with Gasteiger partial charge in [-0.2, -0.15) is 5.10 Å². The maximum Gasteiger partial charge on any atom is 0.427 e. The fourth-order valence-electron chi connectivity index (χ4n) is 2.95. The number of methoxy groups -OCH3 is 2. The molecule has 0 aliphatic rings. The fourth-order valence-corrected chi connectivity index (χ4v) is 2.95. The Labute approximate surface area is 190 Å². The maximum absolute atomic E-state index is 13.2. The molecule has 0 aliphatic heterocycles.